The lowest BCUT2D eigenvalue weighted by Crippen LogP contribution is -2.44. The van der Waals surface area contributed by atoms with Crippen LogP contribution in [0.15, 0.2) is 61.4 Å². The first kappa shape index (κ1) is 22.9. The molecular formula is C25H27N7O2. The third-order valence-corrected chi connectivity index (χ3v) is 5.67. The second-order valence-electron chi connectivity index (χ2n) is 8.03. The van der Waals surface area contributed by atoms with E-state index in [1.54, 1.807) is 17.0 Å². The number of amides is 1. The molecule has 9 heteroatoms. The van der Waals surface area contributed by atoms with E-state index in [2.05, 4.69) is 26.8 Å². The molecule has 2 aromatic heterocycles. The maximum absolute atomic E-state index is 12.0. The van der Waals surface area contributed by atoms with Crippen molar-refractivity contribution >= 4 is 23.3 Å². The van der Waals surface area contributed by atoms with Gasteiger partial charge in [-0.15, -0.1) is 0 Å². The number of piperidine rings is 1. The number of nitrogens with two attached hydrogens (primary N) is 1. The van der Waals surface area contributed by atoms with Crippen molar-refractivity contribution in [1.29, 1.82) is 5.41 Å². The zero-order valence-electron chi connectivity index (χ0n) is 19.0. The second kappa shape index (κ2) is 10.1. The van der Waals surface area contributed by atoms with Crippen LogP contribution in [0.1, 0.15) is 29.7 Å². The van der Waals surface area contributed by atoms with Crippen LogP contribution in [0.25, 0.3) is 0 Å². The number of nitrogens with zero attached hydrogens (tertiary/aromatic N) is 4. The van der Waals surface area contributed by atoms with Gasteiger partial charge in [-0.1, -0.05) is 24.8 Å². The largest absolute Gasteiger partial charge is 0.439 e. The average molecular weight is 458 g/mol. The fourth-order valence-electron chi connectivity index (χ4n) is 3.98. The Balaban J connectivity index is 1.57. The van der Waals surface area contributed by atoms with Crippen molar-refractivity contribution in [3.05, 3.63) is 78.3 Å². The lowest BCUT2D eigenvalue weighted by molar-refractivity contribution is -0.127. The van der Waals surface area contributed by atoms with Crippen molar-refractivity contribution < 1.29 is 9.53 Å². The molecule has 1 atom stereocenters. The number of aryl methyl sites for hydroxylation is 1. The highest BCUT2D eigenvalue weighted by Gasteiger charge is 2.25. The van der Waals surface area contributed by atoms with Gasteiger partial charge in [0, 0.05) is 30.8 Å². The number of anilines is 2. The Morgan fingerprint density at radius 2 is 2.06 bits per heavy atom. The zero-order chi connectivity index (χ0) is 24.1. The normalized spacial score (nSPS) is 15.4. The summed E-state index contributed by atoms with van der Waals surface area (Å²) in [5, 5.41) is 12.2. The first-order valence-corrected chi connectivity index (χ1v) is 11.0. The number of likely N-dealkylation sites (tertiary alicyclic amines) is 1. The van der Waals surface area contributed by atoms with Gasteiger partial charge < -0.3 is 20.7 Å². The molecule has 34 heavy (non-hydrogen) atoms. The number of carbonyl (C=O) groups excluding carboxylic acids is 1. The standard InChI is InChI=1S/C25H27N7O2/c1-3-21(33)32-13-7-8-17(14-32)31-25-22(24(27)28-15-29-25)23(26)19-11-12-20(30-16(19)2)34-18-9-5-4-6-10-18/h3-6,9-12,15,17,26H,1,7-8,13-14H2,2H3,(H3,27,28,29,31). The van der Waals surface area contributed by atoms with E-state index < -0.39 is 0 Å². The summed E-state index contributed by atoms with van der Waals surface area (Å²) in [6.07, 6.45) is 4.42. The molecule has 1 unspecified atom stereocenters. The van der Waals surface area contributed by atoms with Crippen LogP contribution in [0.4, 0.5) is 11.6 Å². The molecule has 4 N–H and O–H groups in total. The summed E-state index contributed by atoms with van der Waals surface area (Å²) in [5.74, 6) is 1.67. The van der Waals surface area contributed by atoms with Crippen LogP contribution in [-0.4, -0.2) is 50.6 Å². The third kappa shape index (κ3) is 5.03. The van der Waals surface area contributed by atoms with E-state index in [4.69, 9.17) is 15.9 Å². The smallest absolute Gasteiger partial charge is 0.246 e. The first-order chi connectivity index (χ1) is 16.5. The van der Waals surface area contributed by atoms with Crippen LogP contribution in [0, 0.1) is 12.3 Å². The van der Waals surface area contributed by atoms with Crippen LogP contribution in [0.5, 0.6) is 11.6 Å². The Labute approximate surface area is 198 Å². The first-order valence-electron chi connectivity index (χ1n) is 11.0. The van der Waals surface area contributed by atoms with E-state index in [9.17, 15) is 4.79 Å². The molecule has 1 fully saturated rings. The van der Waals surface area contributed by atoms with Gasteiger partial charge in [0.05, 0.1) is 17.0 Å². The maximum Gasteiger partial charge on any atom is 0.246 e. The molecule has 0 saturated carbocycles. The van der Waals surface area contributed by atoms with Gasteiger partial charge in [-0.05, 0) is 44.0 Å². The van der Waals surface area contributed by atoms with Gasteiger partial charge in [0.2, 0.25) is 11.8 Å². The van der Waals surface area contributed by atoms with Crippen molar-refractivity contribution in [1.82, 2.24) is 19.9 Å². The van der Waals surface area contributed by atoms with Gasteiger partial charge >= 0.3 is 0 Å². The van der Waals surface area contributed by atoms with Crippen molar-refractivity contribution in [3.8, 4) is 11.6 Å². The number of pyridine rings is 1. The van der Waals surface area contributed by atoms with Gasteiger partial charge in [0.15, 0.2) is 0 Å². The number of hydrogen-bond acceptors (Lipinski definition) is 8. The Kier molecular flexibility index (Phi) is 6.82. The molecule has 0 spiro atoms. The molecule has 0 radical (unpaired) electrons. The second-order valence-corrected chi connectivity index (χ2v) is 8.03. The number of rotatable bonds is 7. The lowest BCUT2D eigenvalue weighted by atomic mass is 10.0. The minimum Gasteiger partial charge on any atom is -0.439 e. The Bertz CT molecular complexity index is 1210. The van der Waals surface area contributed by atoms with E-state index in [0.29, 0.717) is 47.4 Å². The number of carbonyl (C=O) groups is 1. The number of para-hydroxylation sites is 1. The van der Waals surface area contributed by atoms with Crippen LogP contribution in [-0.2, 0) is 4.79 Å². The molecule has 1 amide bonds. The number of nitrogen functional groups attached to an aromatic ring is 1. The van der Waals surface area contributed by atoms with Crippen LogP contribution in [0.3, 0.4) is 0 Å². The minimum absolute atomic E-state index is 0.0284. The molecule has 9 nitrogen and oxygen atoms in total. The van der Waals surface area contributed by atoms with E-state index >= 15 is 0 Å². The summed E-state index contributed by atoms with van der Waals surface area (Å²) in [6.45, 7) is 6.60. The summed E-state index contributed by atoms with van der Waals surface area (Å²) >= 11 is 0. The number of hydrogen-bond donors (Lipinski definition) is 3. The third-order valence-electron chi connectivity index (χ3n) is 5.67. The summed E-state index contributed by atoms with van der Waals surface area (Å²) in [5.41, 5.74) is 7.96. The van der Waals surface area contributed by atoms with E-state index in [1.807, 2.05) is 37.3 Å². The highest BCUT2D eigenvalue weighted by Crippen LogP contribution is 2.27. The van der Waals surface area contributed by atoms with Gasteiger partial charge in [0.1, 0.15) is 23.7 Å². The molecule has 174 valence electrons. The maximum atomic E-state index is 12.0. The highest BCUT2D eigenvalue weighted by atomic mass is 16.5. The summed E-state index contributed by atoms with van der Waals surface area (Å²) in [4.78, 5) is 26.8. The number of nitrogens with one attached hydrogen (secondary N) is 2. The van der Waals surface area contributed by atoms with Crippen molar-refractivity contribution in [3.63, 3.8) is 0 Å². The molecule has 1 aromatic carbocycles. The summed E-state index contributed by atoms with van der Waals surface area (Å²) < 4.78 is 5.80. The SMILES string of the molecule is C=CC(=O)N1CCCC(Nc2ncnc(N)c2C(=N)c2ccc(Oc3ccccc3)nc2C)C1. The van der Waals surface area contributed by atoms with E-state index in [1.165, 1.54) is 12.4 Å². The van der Waals surface area contributed by atoms with Crippen LogP contribution < -0.4 is 15.8 Å². The van der Waals surface area contributed by atoms with E-state index in [-0.39, 0.29) is 23.5 Å². The highest BCUT2D eigenvalue weighted by molar-refractivity contribution is 6.16. The minimum atomic E-state index is -0.0961. The van der Waals surface area contributed by atoms with Crippen molar-refractivity contribution in [2.45, 2.75) is 25.8 Å². The fourth-order valence-corrected chi connectivity index (χ4v) is 3.98. The Hall–Kier alpha value is -4.27. The lowest BCUT2D eigenvalue weighted by Gasteiger charge is -2.33. The molecule has 0 bridgehead atoms. The Morgan fingerprint density at radius 3 is 2.79 bits per heavy atom. The van der Waals surface area contributed by atoms with Crippen LogP contribution in [0.2, 0.25) is 0 Å². The van der Waals surface area contributed by atoms with Gasteiger partial charge in [-0.2, -0.15) is 0 Å². The fraction of sp³-hybridized carbons (Fsp3) is 0.240. The number of ether oxygens (including phenoxy) is 1. The Morgan fingerprint density at radius 1 is 1.26 bits per heavy atom. The predicted molar refractivity (Wildman–Crippen MR) is 131 cm³/mol. The molecule has 1 saturated heterocycles. The van der Waals surface area contributed by atoms with Crippen LogP contribution >= 0.6 is 0 Å². The van der Waals surface area contributed by atoms with Crippen molar-refractivity contribution in [2.75, 3.05) is 24.1 Å². The molecule has 0 aliphatic carbocycles. The topological polar surface area (TPSA) is 130 Å². The monoisotopic (exact) mass is 457 g/mol. The summed E-state index contributed by atoms with van der Waals surface area (Å²) in [6, 6.07) is 12.9. The predicted octanol–water partition coefficient (Wildman–Crippen LogP) is 3.56. The number of aromatic nitrogens is 3. The molecule has 3 heterocycles. The molecule has 1 aliphatic heterocycles. The molecule has 4 rings (SSSR count). The molecular weight excluding hydrogens is 430 g/mol. The van der Waals surface area contributed by atoms with Crippen molar-refractivity contribution in [2.24, 2.45) is 0 Å². The molecule has 1 aliphatic rings. The summed E-state index contributed by atoms with van der Waals surface area (Å²) in [7, 11) is 0. The zero-order valence-corrected chi connectivity index (χ0v) is 19.0. The van der Waals surface area contributed by atoms with Gasteiger partial charge in [-0.25, -0.2) is 15.0 Å². The van der Waals surface area contributed by atoms with Gasteiger partial charge in [0.25, 0.3) is 0 Å². The molecule has 3 aromatic rings. The van der Waals surface area contributed by atoms with Gasteiger partial charge in [-0.3, -0.25) is 10.2 Å². The number of benzene rings is 1. The quantitative estimate of drug-likeness (QED) is 0.365. The van der Waals surface area contributed by atoms with E-state index in [0.717, 1.165) is 12.8 Å². The average Bonchev–Trinajstić information content (AvgIpc) is 2.84.